The third kappa shape index (κ3) is 15.6. The summed E-state index contributed by atoms with van der Waals surface area (Å²) in [5.41, 5.74) is 0.681. The Morgan fingerprint density at radius 2 is 1.56 bits per heavy atom. The fourth-order valence-corrected chi connectivity index (χ4v) is 0.524. The van der Waals surface area contributed by atoms with Gasteiger partial charge in [-0.05, 0) is 16.2 Å². The number of Topliss-reactive ketones (excluding diaryl/α,β-unsaturated/α-hetero) is 1. The van der Waals surface area contributed by atoms with Gasteiger partial charge in [-0.1, -0.05) is 19.9 Å². The van der Waals surface area contributed by atoms with E-state index in [9.17, 15) is 9.59 Å². The summed E-state index contributed by atoms with van der Waals surface area (Å²) in [5.74, 6) is 0.0787. The zero-order valence-electron chi connectivity index (χ0n) is 11.4. The number of carbonyl (C=O) groups is 2. The summed E-state index contributed by atoms with van der Waals surface area (Å²) in [7, 11) is 7.20. The van der Waals surface area contributed by atoms with Gasteiger partial charge in [0.25, 0.3) is 0 Å². The third-order valence-electron chi connectivity index (χ3n) is 1.38. The van der Waals surface area contributed by atoms with Crippen molar-refractivity contribution < 1.29 is 9.59 Å². The van der Waals surface area contributed by atoms with E-state index in [0.717, 1.165) is 0 Å². The van der Waals surface area contributed by atoms with Crippen molar-refractivity contribution in [3.8, 4) is 0 Å². The Morgan fingerprint density at radius 1 is 1.25 bits per heavy atom. The summed E-state index contributed by atoms with van der Waals surface area (Å²) >= 11 is 0. The number of hydrogen-bond acceptors (Lipinski definition) is 3. The normalized spacial score (nSPS) is 8.88. The summed E-state index contributed by atoms with van der Waals surface area (Å²) in [6.07, 6.45) is 1.75. The molecule has 0 aromatic heterocycles. The highest BCUT2D eigenvalue weighted by Crippen LogP contribution is 1.88. The van der Waals surface area contributed by atoms with Crippen molar-refractivity contribution in [1.29, 1.82) is 0 Å². The van der Waals surface area contributed by atoms with E-state index in [4.69, 9.17) is 0 Å². The van der Waals surface area contributed by atoms with Crippen molar-refractivity contribution in [1.82, 2.24) is 10.2 Å². The molecule has 1 unspecified atom stereocenters. The lowest BCUT2D eigenvalue weighted by Crippen LogP contribution is -2.12. The minimum atomic E-state index is 0.00926. The van der Waals surface area contributed by atoms with Crippen molar-refractivity contribution in [3.05, 3.63) is 11.8 Å². The number of hydrogen-bond donors (Lipinski definition) is 1. The van der Waals surface area contributed by atoms with E-state index in [2.05, 4.69) is 14.6 Å². The van der Waals surface area contributed by atoms with Crippen LogP contribution in [-0.2, 0) is 4.79 Å². The Balaban J connectivity index is -0.000000188. The fourth-order valence-electron chi connectivity index (χ4n) is 0.524. The molecule has 0 heterocycles. The van der Waals surface area contributed by atoms with Gasteiger partial charge >= 0.3 is 0 Å². The molecular weight excluding hydrogens is 223 g/mol. The van der Waals surface area contributed by atoms with Gasteiger partial charge in [-0.15, -0.1) is 0 Å². The molecule has 0 radical (unpaired) electrons. The van der Waals surface area contributed by atoms with Crippen molar-refractivity contribution >= 4 is 20.7 Å². The van der Waals surface area contributed by atoms with Crippen LogP contribution in [-0.4, -0.2) is 37.5 Å². The average Bonchev–Trinajstić information content (AvgIpc) is 2.22. The molecule has 96 valence electrons. The minimum Gasteiger partial charge on any atom is -0.386 e. The van der Waals surface area contributed by atoms with Crippen LogP contribution in [0.4, 0.5) is 4.79 Å². The summed E-state index contributed by atoms with van der Waals surface area (Å²) in [5, 5.41) is 2.76. The topological polar surface area (TPSA) is 49.4 Å². The quantitative estimate of drug-likeness (QED) is 0.602. The molecular formula is C11H25N2O2P. The Hall–Kier alpha value is -0.890. The molecule has 0 aliphatic heterocycles. The van der Waals surface area contributed by atoms with Crippen LogP contribution in [0, 0.1) is 0 Å². The van der Waals surface area contributed by atoms with E-state index < -0.39 is 0 Å². The van der Waals surface area contributed by atoms with Gasteiger partial charge in [-0.2, -0.15) is 0 Å². The molecule has 0 saturated carbocycles. The Bertz CT molecular complexity index is 226. The molecule has 0 aliphatic carbocycles. The maximum absolute atomic E-state index is 10.5. The zero-order valence-corrected chi connectivity index (χ0v) is 12.6. The highest BCUT2D eigenvalue weighted by atomic mass is 31.0. The van der Waals surface area contributed by atoms with E-state index >= 15 is 0 Å². The van der Waals surface area contributed by atoms with Crippen LogP contribution in [0.25, 0.3) is 0 Å². The average molecular weight is 248 g/mol. The maximum Gasteiger partial charge on any atom is 0.236 e. The lowest BCUT2D eigenvalue weighted by atomic mass is 10.3. The summed E-state index contributed by atoms with van der Waals surface area (Å²) in [6.45, 7) is 7.36. The molecule has 0 spiro atoms. The maximum atomic E-state index is 10.5. The molecule has 1 atom stereocenters. The predicted molar refractivity (Wildman–Crippen MR) is 73.6 cm³/mol. The number of carbonyl (C=O) groups excluding carboxylic acids is 2. The van der Waals surface area contributed by atoms with Crippen LogP contribution in [0.2, 0.25) is 0 Å². The van der Waals surface area contributed by atoms with Gasteiger partial charge in [-0.3, -0.25) is 9.59 Å². The van der Waals surface area contributed by atoms with Crippen LogP contribution < -0.4 is 5.32 Å². The van der Waals surface area contributed by atoms with Gasteiger partial charge in [0, 0.05) is 28.1 Å². The molecule has 0 bridgehead atoms. The number of amides is 1. The molecule has 0 aromatic carbocycles. The number of ketones is 1. The van der Waals surface area contributed by atoms with E-state index in [1.54, 1.807) is 27.2 Å². The predicted octanol–water partition coefficient (Wildman–Crippen LogP) is 2.27. The van der Waals surface area contributed by atoms with Gasteiger partial charge in [0.2, 0.25) is 5.65 Å². The molecule has 1 amide bonds. The molecule has 4 nitrogen and oxygen atoms in total. The van der Waals surface area contributed by atoms with E-state index in [0.29, 0.717) is 5.70 Å². The number of allylic oxidation sites excluding steroid dienone is 2. The van der Waals surface area contributed by atoms with Crippen LogP contribution in [0.3, 0.4) is 0 Å². The van der Waals surface area contributed by atoms with Gasteiger partial charge < -0.3 is 10.2 Å². The Kier molecular flexibility index (Phi) is 18.1. The monoisotopic (exact) mass is 248 g/mol. The second-order valence-electron chi connectivity index (χ2n) is 2.74. The highest BCUT2D eigenvalue weighted by Gasteiger charge is 1.94. The first-order valence-electron chi connectivity index (χ1n) is 5.18. The summed E-state index contributed by atoms with van der Waals surface area (Å²) in [4.78, 5) is 22.0. The molecule has 0 saturated heterocycles. The van der Waals surface area contributed by atoms with Crippen LogP contribution in [0.1, 0.15) is 27.7 Å². The Morgan fingerprint density at radius 3 is 1.56 bits per heavy atom. The largest absolute Gasteiger partial charge is 0.386 e. The van der Waals surface area contributed by atoms with Crippen molar-refractivity contribution in [2.24, 2.45) is 0 Å². The van der Waals surface area contributed by atoms with Gasteiger partial charge in [0.15, 0.2) is 5.78 Å². The van der Waals surface area contributed by atoms with E-state index in [1.165, 1.54) is 11.8 Å². The Labute approximate surface area is 102 Å². The molecule has 0 rings (SSSR count). The smallest absolute Gasteiger partial charge is 0.236 e. The van der Waals surface area contributed by atoms with Crippen LogP contribution in [0.15, 0.2) is 11.8 Å². The highest BCUT2D eigenvalue weighted by molar-refractivity contribution is 7.39. The lowest BCUT2D eigenvalue weighted by Gasteiger charge is -2.02. The van der Waals surface area contributed by atoms with Crippen LogP contribution >= 0.6 is 9.24 Å². The third-order valence-corrected chi connectivity index (χ3v) is 1.89. The first kappa shape index (κ1) is 20.5. The van der Waals surface area contributed by atoms with Gasteiger partial charge in [-0.25, -0.2) is 0 Å². The SMILES string of the molecule is C/C=C(\NC)C(C)=O.CC.CN(C)C(=O)P. The van der Waals surface area contributed by atoms with Crippen molar-refractivity contribution in [2.45, 2.75) is 27.7 Å². The molecule has 0 aromatic rings. The number of likely N-dealkylation sites (N-methyl/N-ethyl adjacent to an activating group) is 1. The lowest BCUT2D eigenvalue weighted by molar-refractivity contribution is -0.113. The molecule has 5 heteroatoms. The standard InChI is InChI=1S/C6H11NO.C3H8NOP.C2H6/c1-4-6(7-3)5(2)8;1-4(2)3(5)6;1-2/h4,7H,1-3H3;6H2,1-2H3;1-2H3/b6-4-;;. The first-order valence-corrected chi connectivity index (χ1v) is 5.76. The second-order valence-corrected chi connectivity index (χ2v) is 3.24. The van der Waals surface area contributed by atoms with Crippen molar-refractivity contribution in [2.75, 3.05) is 21.1 Å². The fraction of sp³-hybridized carbons (Fsp3) is 0.636. The zero-order chi connectivity index (χ0) is 13.7. The van der Waals surface area contributed by atoms with Crippen LogP contribution in [0.5, 0.6) is 0 Å². The number of nitrogens with zero attached hydrogens (tertiary/aromatic N) is 1. The molecule has 1 N–H and O–H groups in total. The second kappa shape index (κ2) is 14.1. The molecule has 0 fully saturated rings. The number of rotatable bonds is 2. The van der Waals surface area contributed by atoms with E-state index in [-0.39, 0.29) is 11.4 Å². The van der Waals surface area contributed by atoms with Gasteiger partial charge in [0.05, 0.1) is 5.70 Å². The van der Waals surface area contributed by atoms with Gasteiger partial charge in [0.1, 0.15) is 0 Å². The summed E-state index contributed by atoms with van der Waals surface area (Å²) in [6, 6.07) is 0. The minimum absolute atomic E-state index is 0.00926. The number of nitrogens with one attached hydrogen (secondary N) is 1. The first-order chi connectivity index (χ1) is 7.36. The molecule has 16 heavy (non-hydrogen) atoms. The van der Waals surface area contributed by atoms with E-state index in [1.807, 2.05) is 20.8 Å². The molecule has 0 aliphatic rings. The summed E-state index contributed by atoms with van der Waals surface area (Å²) < 4.78 is 0. The van der Waals surface area contributed by atoms with Crippen molar-refractivity contribution in [3.63, 3.8) is 0 Å².